The van der Waals surface area contributed by atoms with Crippen molar-refractivity contribution in [1.29, 1.82) is 0 Å². The highest BCUT2D eigenvalue weighted by atomic mass is 79.9. The molecule has 1 atom stereocenters. The first kappa shape index (κ1) is 16.7. The first-order valence-corrected chi connectivity index (χ1v) is 7.81. The zero-order chi connectivity index (χ0) is 16.3. The Morgan fingerprint density at radius 3 is 2.91 bits per heavy atom. The van der Waals surface area contributed by atoms with Crippen LogP contribution < -0.4 is 4.90 Å². The number of anilines is 1. The molecule has 0 amide bonds. The summed E-state index contributed by atoms with van der Waals surface area (Å²) in [7, 11) is 0. The van der Waals surface area contributed by atoms with Gasteiger partial charge in [-0.3, -0.25) is 10.1 Å². The second-order valence-electron chi connectivity index (χ2n) is 5.05. The van der Waals surface area contributed by atoms with Gasteiger partial charge in [-0.1, -0.05) is 0 Å². The normalized spacial score (nSPS) is 18.1. The van der Waals surface area contributed by atoms with Crippen LogP contribution in [0.5, 0.6) is 0 Å². The van der Waals surface area contributed by atoms with Crippen LogP contribution in [0.4, 0.5) is 11.4 Å². The van der Waals surface area contributed by atoms with Crippen molar-refractivity contribution in [2.75, 3.05) is 24.6 Å². The summed E-state index contributed by atoms with van der Waals surface area (Å²) in [6.07, 6.45) is 0.928. The Kier molecular flexibility index (Phi) is 5.36. The fraction of sp³-hybridized carbons (Fsp3) is 0.500. The summed E-state index contributed by atoms with van der Waals surface area (Å²) in [6, 6.07) is 2.74. The molecule has 8 heteroatoms. The first-order valence-electron chi connectivity index (χ1n) is 7.02. The molecule has 1 aliphatic rings. The monoisotopic (exact) mass is 372 g/mol. The predicted octanol–water partition coefficient (Wildman–Crippen LogP) is 2.50. The summed E-state index contributed by atoms with van der Waals surface area (Å²) in [5.41, 5.74) is 0.338. The summed E-state index contributed by atoms with van der Waals surface area (Å²) < 4.78 is 5.33. The van der Waals surface area contributed by atoms with Gasteiger partial charge in [-0.2, -0.15) is 0 Å². The topological polar surface area (TPSA) is 92.9 Å². The predicted molar refractivity (Wildman–Crippen MR) is 84.2 cm³/mol. The molecular weight excluding hydrogens is 356 g/mol. The van der Waals surface area contributed by atoms with Gasteiger partial charge in [-0.05, 0) is 41.8 Å². The number of ether oxygens (including phenoxy) is 1. The Morgan fingerprint density at radius 1 is 1.59 bits per heavy atom. The lowest BCUT2D eigenvalue weighted by atomic mass is 10.1. The number of esters is 1. The van der Waals surface area contributed by atoms with Crippen molar-refractivity contribution in [2.45, 2.75) is 25.9 Å². The molecule has 0 saturated carbocycles. The highest BCUT2D eigenvalue weighted by Crippen LogP contribution is 2.38. The molecule has 1 fully saturated rings. The number of nitro groups is 1. The minimum absolute atomic E-state index is 0.127. The zero-order valence-electron chi connectivity index (χ0n) is 12.1. The number of carbonyl (C=O) groups is 1. The van der Waals surface area contributed by atoms with E-state index in [0.29, 0.717) is 29.7 Å². The molecule has 1 saturated heterocycles. The number of hydrogen-bond acceptors (Lipinski definition) is 6. The third kappa shape index (κ3) is 3.56. The molecule has 0 spiro atoms. The van der Waals surface area contributed by atoms with Crippen molar-refractivity contribution in [2.24, 2.45) is 0 Å². The van der Waals surface area contributed by atoms with E-state index in [4.69, 9.17) is 4.74 Å². The Balaban J connectivity index is 2.45. The van der Waals surface area contributed by atoms with Crippen LogP contribution in [0.1, 0.15) is 30.1 Å². The molecule has 0 aromatic heterocycles. The van der Waals surface area contributed by atoms with Crippen LogP contribution in [0.25, 0.3) is 0 Å². The third-order valence-corrected chi connectivity index (χ3v) is 4.07. The number of benzene rings is 1. The molecule has 1 aliphatic heterocycles. The molecule has 0 unspecified atom stereocenters. The molecule has 7 nitrogen and oxygen atoms in total. The van der Waals surface area contributed by atoms with E-state index in [-0.39, 0.29) is 17.9 Å². The minimum Gasteiger partial charge on any atom is -0.462 e. The van der Waals surface area contributed by atoms with E-state index < -0.39 is 17.0 Å². The fourth-order valence-corrected chi connectivity index (χ4v) is 3.23. The van der Waals surface area contributed by atoms with Gasteiger partial charge in [0.05, 0.1) is 23.2 Å². The molecule has 120 valence electrons. The van der Waals surface area contributed by atoms with Crippen LogP contribution in [0.2, 0.25) is 0 Å². The lowest BCUT2D eigenvalue weighted by molar-refractivity contribution is -0.384. The van der Waals surface area contributed by atoms with Gasteiger partial charge in [-0.15, -0.1) is 0 Å². The quantitative estimate of drug-likeness (QED) is 0.495. The van der Waals surface area contributed by atoms with Crippen LogP contribution in [0, 0.1) is 10.1 Å². The molecule has 1 heterocycles. The molecule has 0 aliphatic carbocycles. The number of hydrogen-bond donors (Lipinski definition) is 1. The summed E-state index contributed by atoms with van der Waals surface area (Å²) in [6.45, 7) is 2.82. The Bertz CT molecular complexity index is 593. The maximum Gasteiger partial charge on any atom is 0.338 e. The standard InChI is InChI=1S/C14H17BrN2O5/c1-2-22-14(19)9-6-11(15)13(12(7-9)17(20)21)16-5-3-4-10(18)8-16/h6-7,10,18H,2-5,8H2,1H3/t10-/m1/s1. The van der Waals surface area contributed by atoms with E-state index in [0.717, 1.165) is 6.42 Å². The van der Waals surface area contributed by atoms with Gasteiger partial charge in [0, 0.05) is 23.6 Å². The van der Waals surface area contributed by atoms with Gasteiger partial charge in [-0.25, -0.2) is 4.79 Å². The van der Waals surface area contributed by atoms with E-state index in [1.807, 2.05) is 0 Å². The van der Waals surface area contributed by atoms with Crippen molar-refractivity contribution in [3.05, 3.63) is 32.3 Å². The van der Waals surface area contributed by atoms with Crippen LogP contribution in [0.3, 0.4) is 0 Å². The lowest BCUT2D eigenvalue weighted by Crippen LogP contribution is -2.38. The second kappa shape index (κ2) is 7.06. The molecule has 1 N–H and O–H groups in total. The van der Waals surface area contributed by atoms with E-state index >= 15 is 0 Å². The summed E-state index contributed by atoms with van der Waals surface area (Å²) in [5.74, 6) is -0.600. The van der Waals surface area contributed by atoms with Crippen molar-refractivity contribution in [3.8, 4) is 0 Å². The van der Waals surface area contributed by atoms with E-state index in [1.54, 1.807) is 11.8 Å². The smallest absolute Gasteiger partial charge is 0.338 e. The number of rotatable bonds is 4. The number of halogens is 1. The number of nitrogens with zero attached hydrogens (tertiary/aromatic N) is 2. The molecular formula is C14H17BrN2O5. The number of aliphatic hydroxyl groups excluding tert-OH is 1. The Morgan fingerprint density at radius 2 is 2.32 bits per heavy atom. The largest absolute Gasteiger partial charge is 0.462 e. The van der Waals surface area contributed by atoms with Gasteiger partial charge >= 0.3 is 5.97 Å². The number of β-amino-alcohol motifs (C(OH)–C–C–N with tert-alkyl or cyclic N) is 1. The molecule has 22 heavy (non-hydrogen) atoms. The van der Waals surface area contributed by atoms with Gasteiger partial charge in [0.2, 0.25) is 0 Å². The highest BCUT2D eigenvalue weighted by molar-refractivity contribution is 9.10. The number of piperidine rings is 1. The van der Waals surface area contributed by atoms with Crippen LogP contribution in [-0.2, 0) is 4.74 Å². The summed E-state index contributed by atoms with van der Waals surface area (Å²) >= 11 is 3.31. The number of carbonyl (C=O) groups excluding carboxylic acids is 1. The Hall–Kier alpha value is -1.67. The van der Waals surface area contributed by atoms with Gasteiger partial charge in [0.25, 0.3) is 5.69 Å². The molecule has 2 rings (SSSR count). The Labute approximate surface area is 136 Å². The maximum absolute atomic E-state index is 11.8. The van der Waals surface area contributed by atoms with Crippen LogP contribution in [0.15, 0.2) is 16.6 Å². The highest BCUT2D eigenvalue weighted by Gasteiger charge is 2.28. The van der Waals surface area contributed by atoms with E-state index in [2.05, 4.69) is 15.9 Å². The molecule has 0 radical (unpaired) electrons. The van der Waals surface area contributed by atoms with Crippen molar-refractivity contribution in [1.82, 2.24) is 0 Å². The first-order chi connectivity index (χ1) is 10.4. The van der Waals surface area contributed by atoms with Gasteiger partial charge in [0.1, 0.15) is 5.69 Å². The maximum atomic E-state index is 11.8. The van der Waals surface area contributed by atoms with Crippen LogP contribution in [-0.4, -0.2) is 41.8 Å². The zero-order valence-corrected chi connectivity index (χ0v) is 13.7. The van der Waals surface area contributed by atoms with Gasteiger partial charge < -0.3 is 14.7 Å². The number of nitro benzene ring substituents is 1. The van der Waals surface area contributed by atoms with Crippen molar-refractivity contribution < 1.29 is 19.6 Å². The second-order valence-corrected chi connectivity index (χ2v) is 5.90. The molecule has 0 bridgehead atoms. The molecule has 1 aromatic rings. The van der Waals surface area contributed by atoms with Gasteiger partial charge in [0.15, 0.2) is 0 Å². The summed E-state index contributed by atoms with van der Waals surface area (Å²) in [4.78, 5) is 24.4. The summed E-state index contributed by atoms with van der Waals surface area (Å²) in [5, 5.41) is 21.1. The van der Waals surface area contributed by atoms with Crippen LogP contribution >= 0.6 is 15.9 Å². The van der Waals surface area contributed by atoms with E-state index in [9.17, 15) is 20.0 Å². The average molecular weight is 373 g/mol. The lowest BCUT2D eigenvalue weighted by Gasteiger charge is -2.32. The van der Waals surface area contributed by atoms with Crippen molar-refractivity contribution in [3.63, 3.8) is 0 Å². The minimum atomic E-state index is -0.600. The van der Waals surface area contributed by atoms with Crippen molar-refractivity contribution >= 4 is 33.3 Å². The fourth-order valence-electron chi connectivity index (χ4n) is 2.53. The molecule has 1 aromatic carbocycles. The third-order valence-electron chi connectivity index (χ3n) is 3.46. The van der Waals surface area contributed by atoms with E-state index in [1.165, 1.54) is 12.1 Å². The number of aliphatic hydroxyl groups is 1. The SMILES string of the molecule is CCOC(=O)c1cc(Br)c(N2CCC[C@@H](O)C2)c([N+](=O)[O-])c1. The average Bonchev–Trinajstić information content (AvgIpc) is 2.46.